The molecule has 0 aliphatic rings. The van der Waals surface area contributed by atoms with Crippen LogP contribution in [0, 0.1) is 18.8 Å². The van der Waals surface area contributed by atoms with Gasteiger partial charge in [-0.2, -0.15) is 0 Å². The van der Waals surface area contributed by atoms with Crippen molar-refractivity contribution in [1.82, 2.24) is 10.2 Å². The Bertz CT molecular complexity index is 616. The Morgan fingerprint density at radius 2 is 2.30 bits per heavy atom. The number of thioether (sulfide) groups is 1. The Hall–Kier alpha value is -1.97. The number of rotatable bonds is 5. The number of aryl methyl sites for hydroxylation is 1. The van der Waals surface area contributed by atoms with Crippen molar-refractivity contribution < 1.29 is 9.15 Å². The van der Waals surface area contributed by atoms with Gasteiger partial charge in [0.25, 0.3) is 5.22 Å². The third kappa shape index (κ3) is 4.61. The van der Waals surface area contributed by atoms with Crippen molar-refractivity contribution >= 4 is 11.8 Å². The SMILES string of the molecule is Cc1nnc(SCCOc2cccc(C#CCN)c2)o1. The zero-order chi connectivity index (χ0) is 14.2. The highest BCUT2D eigenvalue weighted by molar-refractivity contribution is 7.99. The quantitative estimate of drug-likeness (QED) is 0.514. The largest absolute Gasteiger partial charge is 0.493 e. The van der Waals surface area contributed by atoms with Crippen molar-refractivity contribution in [2.45, 2.75) is 12.1 Å². The maximum absolute atomic E-state index is 5.65. The van der Waals surface area contributed by atoms with Gasteiger partial charge in [0.05, 0.1) is 13.2 Å². The van der Waals surface area contributed by atoms with Crippen molar-refractivity contribution in [3.63, 3.8) is 0 Å². The van der Waals surface area contributed by atoms with Gasteiger partial charge in [-0.15, -0.1) is 10.2 Å². The fraction of sp³-hybridized carbons (Fsp3) is 0.286. The van der Waals surface area contributed by atoms with E-state index in [1.165, 1.54) is 11.8 Å². The summed E-state index contributed by atoms with van der Waals surface area (Å²) in [6.07, 6.45) is 0. The van der Waals surface area contributed by atoms with Gasteiger partial charge in [-0.3, -0.25) is 0 Å². The van der Waals surface area contributed by atoms with E-state index >= 15 is 0 Å². The van der Waals surface area contributed by atoms with E-state index in [-0.39, 0.29) is 0 Å². The Labute approximate surface area is 121 Å². The lowest BCUT2D eigenvalue weighted by molar-refractivity contribution is 0.343. The Morgan fingerprint density at radius 3 is 3.05 bits per heavy atom. The summed E-state index contributed by atoms with van der Waals surface area (Å²) in [5.41, 5.74) is 6.24. The number of hydrogen-bond acceptors (Lipinski definition) is 6. The molecule has 0 fully saturated rings. The fourth-order valence-corrected chi connectivity index (χ4v) is 2.06. The van der Waals surface area contributed by atoms with Crippen LogP contribution >= 0.6 is 11.8 Å². The van der Waals surface area contributed by atoms with Crippen molar-refractivity contribution in [1.29, 1.82) is 0 Å². The zero-order valence-corrected chi connectivity index (χ0v) is 11.9. The molecule has 6 heteroatoms. The van der Waals surface area contributed by atoms with Gasteiger partial charge < -0.3 is 14.9 Å². The molecular weight excluding hydrogens is 274 g/mol. The molecule has 0 bridgehead atoms. The molecular formula is C14H15N3O2S. The summed E-state index contributed by atoms with van der Waals surface area (Å²) in [6.45, 7) is 2.67. The predicted molar refractivity (Wildman–Crippen MR) is 77.6 cm³/mol. The first-order valence-corrected chi connectivity index (χ1v) is 7.11. The summed E-state index contributed by atoms with van der Waals surface area (Å²) < 4.78 is 10.9. The maximum atomic E-state index is 5.65. The van der Waals surface area contributed by atoms with E-state index in [1.54, 1.807) is 6.92 Å². The van der Waals surface area contributed by atoms with Crippen LogP contribution in [-0.2, 0) is 0 Å². The monoisotopic (exact) mass is 289 g/mol. The van der Waals surface area contributed by atoms with Crippen LogP contribution in [0.3, 0.4) is 0 Å². The summed E-state index contributed by atoms with van der Waals surface area (Å²) in [5.74, 6) is 7.88. The number of hydrogen-bond donors (Lipinski definition) is 1. The molecule has 5 nitrogen and oxygen atoms in total. The van der Waals surface area contributed by atoms with Crippen molar-refractivity contribution in [2.24, 2.45) is 5.73 Å². The first-order valence-electron chi connectivity index (χ1n) is 6.12. The summed E-state index contributed by atoms with van der Waals surface area (Å²) in [4.78, 5) is 0. The standard InChI is InChI=1S/C14H15N3O2S/c1-11-16-17-14(19-11)20-9-8-18-13-6-2-4-12(10-13)5-3-7-15/h2,4,6,10H,7-9,15H2,1H3. The summed E-state index contributed by atoms with van der Waals surface area (Å²) in [5, 5.41) is 8.22. The van der Waals surface area contributed by atoms with Crippen LogP contribution in [0.4, 0.5) is 0 Å². The Balaban J connectivity index is 1.79. The molecule has 0 aliphatic carbocycles. The van der Waals surface area contributed by atoms with Gasteiger partial charge in [0.2, 0.25) is 5.89 Å². The highest BCUT2D eigenvalue weighted by Crippen LogP contribution is 2.17. The molecule has 0 unspecified atom stereocenters. The molecule has 1 aromatic carbocycles. The van der Waals surface area contributed by atoms with E-state index in [0.29, 0.717) is 24.3 Å². The molecule has 0 amide bonds. The highest BCUT2D eigenvalue weighted by Gasteiger charge is 2.02. The summed E-state index contributed by atoms with van der Waals surface area (Å²) in [6, 6.07) is 7.62. The second kappa shape index (κ2) is 7.58. The minimum Gasteiger partial charge on any atom is -0.493 e. The molecule has 0 radical (unpaired) electrons. The van der Waals surface area contributed by atoms with Crippen molar-refractivity contribution in [3.8, 4) is 17.6 Å². The number of aromatic nitrogens is 2. The van der Waals surface area contributed by atoms with Crippen LogP contribution in [0.2, 0.25) is 0 Å². The molecule has 0 spiro atoms. The van der Waals surface area contributed by atoms with Gasteiger partial charge in [0, 0.05) is 18.2 Å². The van der Waals surface area contributed by atoms with Gasteiger partial charge in [-0.1, -0.05) is 29.7 Å². The van der Waals surface area contributed by atoms with E-state index < -0.39 is 0 Å². The van der Waals surface area contributed by atoms with Crippen LogP contribution in [0.1, 0.15) is 11.5 Å². The second-order valence-electron chi connectivity index (χ2n) is 3.82. The Kier molecular flexibility index (Phi) is 5.47. The minimum atomic E-state index is 0.353. The van der Waals surface area contributed by atoms with Gasteiger partial charge >= 0.3 is 0 Å². The number of nitrogens with zero attached hydrogens (tertiary/aromatic N) is 2. The molecule has 0 saturated heterocycles. The molecule has 0 atom stereocenters. The number of nitrogens with two attached hydrogens (primary N) is 1. The number of ether oxygens (including phenoxy) is 1. The van der Waals surface area contributed by atoms with Crippen LogP contribution in [0.15, 0.2) is 33.9 Å². The summed E-state index contributed by atoms with van der Waals surface area (Å²) in [7, 11) is 0. The van der Waals surface area contributed by atoms with E-state index in [2.05, 4.69) is 22.0 Å². The van der Waals surface area contributed by atoms with Crippen LogP contribution in [-0.4, -0.2) is 29.1 Å². The molecule has 0 saturated carbocycles. The first-order chi connectivity index (χ1) is 9.78. The molecule has 0 aliphatic heterocycles. The predicted octanol–water partition coefficient (Wildman–Crippen LogP) is 1.86. The van der Waals surface area contributed by atoms with E-state index in [1.807, 2.05) is 24.3 Å². The second-order valence-corrected chi connectivity index (χ2v) is 4.86. The van der Waals surface area contributed by atoms with Crippen LogP contribution in [0.5, 0.6) is 5.75 Å². The Morgan fingerprint density at radius 1 is 1.40 bits per heavy atom. The third-order valence-electron chi connectivity index (χ3n) is 2.25. The van der Waals surface area contributed by atoms with Crippen molar-refractivity contribution in [2.75, 3.05) is 18.9 Å². The summed E-state index contributed by atoms with van der Waals surface area (Å²) >= 11 is 1.47. The average molecular weight is 289 g/mol. The molecule has 2 aromatic rings. The smallest absolute Gasteiger partial charge is 0.276 e. The zero-order valence-electron chi connectivity index (χ0n) is 11.1. The normalized spacial score (nSPS) is 9.90. The number of benzene rings is 1. The first kappa shape index (κ1) is 14.4. The average Bonchev–Trinajstić information content (AvgIpc) is 2.87. The van der Waals surface area contributed by atoms with Crippen LogP contribution in [0.25, 0.3) is 0 Å². The molecule has 2 N–H and O–H groups in total. The van der Waals surface area contributed by atoms with E-state index in [0.717, 1.165) is 17.1 Å². The van der Waals surface area contributed by atoms with E-state index in [9.17, 15) is 0 Å². The van der Waals surface area contributed by atoms with E-state index in [4.69, 9.17) is 14.9 Å². The molecule has 104 valence electrons. The van der Waals surface area contributed by atoms with Gasteiger partial charge in [0.15, 0.2) is 0 Å². The molecule has 1 heterocycles. The maximum Gasteiger partial charge on any atom is 0.276 e. The molecule has 1 aromatic heterocycles. The highest BCUT2D eigenvalue weighted by atomic mass is 32.2. The third-order valence-corrected chi connectivity index (χ3v) is 3.04. The lowest BCUT2D eigenvalue weighted by Gasteiger charge is -2.05. The molecule has 2 rings (SSSR count). The topological polar surface area (TPSA) is 74.2 Å². The van der Waals surface area contributed by atoms with Gasteiger partial charge in [-0.05, 0) is 18.2 Å². The minimum absolute atomic E-state index is 0.353. The lowest BCUT2D eigenvalue weighted by atomic mass is 10.2. The lowest BCUT2D eigenvalue weighted by Crippen LogP contribution is -2.00. The van der Waals surface area contributed by atoms with Crippen LogP contribution < -0.4 is 10.5 Å². The van der Waals surface area contributed by atoms with Gasteiger partial charge in [-0.25, -0.2) is 0 Å². The fourth-order valence-electron chi connectivity index (χ4n) is 1.44. The van der Waals surface area contributed by atoms with Crippen molar-refractivity contribution in [3.05, 3.63) is 35.7 Å². The molecule has 20 heavy (non-hydrogen) atoms. The van der Waals surface area contributed by atoms with Gasteiger partial charge in [0.1, 0.15) is 5.75 Å².